The van der Waals surface area contributed by atoms with Crippen LogP contribution in [0.1, 0.15) is 24.8 Å². The van der Waals surface area contributed by atoms with Crippen molar-refractivity contribution in [2.45, 2.75) is 25.7 Å². The molecule has 1 aromatic carbocycles. The van der Waals surface area contributed by atoms with Crippen LogP contribution in [-0.4, -0.2) is 23.1 Å². The van der Waals surface area contributed by atoms with Gasteiger partial charge in [-0.05, 0) is 55.4 Å². The van der Waals surface area contributed by atoms with Crippen LogP contribution in [-0.2, 0) is 6.42 Å². The second kappa shape index (κ2) is 6.73. The van der Waals surface area contributed by atoms with Gasteiger partial charge in [-0.25, -0.2) is 9.37 Å². The van der Waals surface area contributed by atoms with Crippen LogP contribution in [0.3, 0.4) is 0 Å². The van der Waals surface area contributed by atoms with Gasteiger partial charge in [-0.3, -0.25) is 0 Å². The summed E-state index contributed by atoms with van der Waals surface area (Å²) in [6, 6.07) is 8.80. The van der Waals surface area contributed by atoms with E-state index in [1.54, 1.807) is 18.3 Å². The number of aryl methyl sites for hydroxylation is 1. The van der Waals surface area contributed by atoms with E-state index in [0.29, 0.717) is 11.9 Å². The van der Waals surface area contributed by atoms with Gasteiger partial charge in [-0.15, -0.1) is 0 Å². The Morgan fingerprint density at radius 3 is 3.05 bits per heavy atom. The first-order valence-electron chi connectivity index (χ1n) is 7.78. The van der Waals surface area contributed by atoms with E-state index in [-0.39, 0.29) is 5.82 Å². The summed E-state index contributed by atoms with van der Waals surface area (Å²) < 4.78 is 13.2. The van der Waals surface area contributed by atoms with Crippen LogP contribution < -0.4 is 10.6 Å². The molecule has 4 nitrogen and oxygen atoms in total. The minimum Gasteiger partial charge on any atom is -0.368 e. The number of nitrogens with two attached hydrogens (primary N) is 1. The molecular formula is C17H21FN4. The first-order valence-corrected chi connectivity index (χ1v) is 7.78. The van der Waals surface area contributed by atoms with Crippen molar-refractivity contribution < 1.29 is 4.39 Å². The normalized spacial score (nSPS) is 18.4. The maximum absolute atomic E-state index is 13.2. The SMILES string of the molecule is Nc1nccc(N2CCC[C@@H](CCc3cccc(F)c3)C2)n1. The molecule has 5 heteroatoms. The molecule has 0 aliphatic carbocycles. The Morgan fingerprint density at radius 2 is 2.23 bits per heavy atom. The third kappa shape index (κ3) is 3.72. The van der Waals surface area contributed by atoms with Gasteiger partial charge in [0.25, 0.3) is 0 Å². The van der Waals surface area contributed by atoms with Crippen molar-refractivity contribution in [1.82, 2.24) is 9.97 Å². The largest absolute Gasteiger partial charge is 0.368 e. The molecule has 0 spiro atoms. The lowest BCUT2D eigenvalue weighted by Gasteiger charge is -2.33. The molecule has 22 heavy (non-hydrogen) atoms. The van der Waals surface area contributed by atoms with E-state index in [1.807, 2.05) is 12.1 Å². The predicted octanol–water partition coefficient (Wildman–Crippen LogP) is 3.05. The monoisotopic (exact) mass is 300 g/mol. The molecule has 0 radical (unpaired) electrons. The van der Waals surface area contributed by atoms with Gasteiger partial charge >= 0.3 is 0 Å². The Morgan fingerprint density at radius 1 is 1.32 bits per heavy atom. The maximum atomic E-state index is 13.2. The van der Waals surface area contributed by atoms with Crippen molar-refractivity contribution in [3.8, 4) is 0 Å². The highest BCUT2D eigenvalue weighted by molar-refractivity contribution is 5.41. The van der Waals surface area contributed by atoms with Crippen LogP contribution in [0, 0.1) is 11.7 Å². The number of rotatable bonds is 4. The van der Waals surface area contributed by atoms with E-state index in [2.05, 4.69) is 14.9 Å². The highest BCUT2D eigenvalue weighted by Crippen LogP contribution is 2.25. The topological polar surface area (TPSA) is 55.0 Å². The summed E-state index contributed by atoms with van der Waals surface area (Å²) in [6.07, 6.45) is 6.06. The molecule has 0 amide bonds. The predicted molar refractivity (Wildman–Crippen MR) is 86.1 cm³/mol. The number of nitrogen functional groups attached to an aromatic ring is 1. The van der Waals surface area contributed by atoms with E-state index >= 15 is 0 Å². The molecule has 1 saturated heterocycles. The zero-order valence-corrected chi connectivity index (χ0v) is 12.6. The van der Waals surface area contributed by atoms with Crippen LogP contribution in [0.4, 0.5) is 16.2 Å². The molecular weight excluding hydrogens is 279 g/mol. The van der Waals surface area contributed by atoms with Crippen molar-refractivity contribution in [2.75, 3.05) is 23.7 Å². The second-order valence-electron chi connectivity index (χ2n) is 5.90. The van der Waals surface area contributed by atoms with E-state index < -0.39 is 0 Å². The quantitative estimate of drug-likeness (QED) is 0.943. The van der Waals surface area contributed by atoms with Crippen molar-refractivity contribution in [3.63, 3.8) is 0 Å². The Hall–Kier alpha value is -2.17. The van der Waals surface area contributed by atoms with Crippen LogP contribution in [0.25, 0.3) is 0 Å². The van der Waals surface area contributed by atoms with Crippen LogP contribution in [0.15, 0.2) is 36.5 Å². The van der Waals surface area contributed by atoms with Gasteiger partial charge in [0.05, 0.1) is 0 Å². The fourth-order valence-electron chi connectivity index (χ4n) is 3.11. The third-order valence-corrected chi connectivity index (χ3v) is 4.23. The summed E-state index contributed by atoms with van der Waals surface area (Å²) in [4.78, 5) is 10.5. The van der Waals surface area contributed by atoms with E-state index in [9.17, 15) is 4.39 Å². The molecule has 0 unspecified atom stereocenters. The fraction of sp³-hybridized carbons (Fsp3) is 0.412. The maximum Gasteiger partial charge on any atom is 0.221 e. The van der Waals surface area contributed by atoms with Crippen LogP contribution >= 0.6 is 0 Å². The number of nitrogens with zero attached hydrogens (tertiary/aromatic N) is 3. The van der Waals surface area contributed by atoms with Crippen molar-refractivity contribution in [3.05, 3.63) is 47.9 Å². The van der Waals surface area contributed by atoms with Crippen LogP contribution in [0.2, 0.25) is 0 Å². The number of aromatic nitrogens is 2. The second-order valence-corrected chi connectivity index (χ2v) is 5.90. The van der Waals surface area contributed by atoms with E-state index in [4.69, 9.17) is 5.73 Å². The number of hydrogen-bond acceptors (Lipinski definition) is 4. The molecule has 1 aliphatic rings. The van der Waals surface area contributed by atoms with Crippen molar-refractivity contribution >= 4 is 11.8 Å². The molecule has 2 N–H and O–H groups in total. The lowest BCUT2D eigenvalue weighted by atomic mass is 9.91. The lowest BCUT2D eigenvalue weighted by Crippen LogP contribution is -2.36. The minimum atomic E-state index is -0.153. The Labute approximate surface area is 130 Å². The summed E-state index contributed by atoms with van der Waals surface area (Å²) in [5.74, 6) is 1.68. The number of piperidine rings is 1. The summed E-state index contributed by atoms with van der Waals surface area (Å²) in [6.45, 7) is 1.98. The first-order chi connectivity index (χ1) is 10.7. The minimum absolute atomic E-state index is 0.153. The average molecular weight is 300 g/mol. The van der Waals surface area contributed by atoms with E-state index in [0.717, 1.165) is 43.7 Å². The smallest absolute Gasteiger partial charge is 0.221 e. The molecule has 1 atom stereocenters. The average Bonchev–Trinajstić information content (AvgIpc) is 2.53. The molecule has 1 fully saturated rings. The summed E-state index contributed by atoms with van der Waals surface area (Å²) in [7, 11) is 0. The lowest BCUT2D eigenvalue weighted by molar-refractivity contribution is 0.390. The van der Waals surface area contributed by atoms with Gasteiger partial charge < -0.3 is 10.6 Å². The first kappa shape index (κ1) is 14.8. The number of halogens is 1. The molecule has 1 aliphatic heterocycles. The van der Waals surface area contributed by atoms with Gasteiger partial charge in [0.2, 0.25) is 5.95 Å². The van der Waals surface area contributed by atoms with Crippen molar-refractivity contribution in [2.24, 2.45) is 5.92 Å². The Balaban J connectivity index is 1.59. The summed E-state index contributed by atoms with van der Waals surface area (Å²) in [5.41, 5.74) is 6.74. The fourth-order valence-corrected chi connectivity index (χ4v) is 3.11. The van der Waals surface area contributed by atoms with Gasteiger partial charge in [0.15, 0.2) is 0 Å². The molecule has 0 saturated carbocycles. The Kier molecular flexibility index (Phi) is 4.51. The van der Waals surface area contributed by atoms with Gasteiger partial charge in [-0.2, -0.15) is 4.98 Å². The van der Waals surface area contributed by atoms with E-state index in [1.165, 1.54) is 12.5 Å². The molecule has 116 valence electrons. The highest BCUT2D eigenvalue weighted by Gasteiger charge is 2.21. The standard InChI is InChI=1S/C17H21FN4/c18-15-5-1-3-13(11-15)6-7-14-4-2-10-22(12-14)16-8-9-20-17(19)21-16/h1,3,5,8-9,11,14H,2,4,6-7,10,12H2,(H2,19,20,21)/t14-/m0/s1. The number of anilines is 2. The van der Waals surface area contributed by atoms with Gasteiger partial charge in [0, 0.05) is 19.3 Å². The molecule has 3 rings (SSSR count). The molecule has 2 heterocycles. The molecule has 1 aromatic heterocycles. The highest BCUT2D eigenvalue weighted by atomic mass is 19.1. The zero-order valence-electron chi connectivity index (χ0n) is 12.6. The van der Waals surface area contributed by atoms with Gasteiger partial charge in [-0.1, -0.05) is 12.1 Å². The number of hydrogen-bond donors (Lipinski definition) is 1. The summed E-state index contributed by atoms with van der Waals surface area (Å²) >= 11 is 0. The molecule has 0 bridgehead atoms. The van der Waals surface area contributed by atoms with Crippen LogP contribution in [0.5, 0.6) is 0 Å². The summed E-state index contributed by atoms with van der Waals surface area (Å²) in [5, 5.41) is 0. The molecule has 2 aromatic rings. The third-order valence-electron chi connectivity index (χ3n) is 4.23. The Bertz CT molecular complexity index is 632. The van der Waals surface area contributed by atoms with Gasteiger partial charge in [0.1, 0.15) is 11.6 Å². The zero-order chi connectivity index (χ0) is 15.4. The van der Waals surface area contributed by atoms with Crippen molar-refractivity contribution in [1.29, 1.82) is 0 Å². The number of benzene rings is 1.